The van der Waals surface area contributed by atoms with Gasteiger partial charge in [0.25, 0.3) is 5.91 Å². The van der Waals surface area contributed by atoms with Gasteiger partial charge in [-0.1, -0.05) is 0 Å². The summed E-state index contributed by atoms with van der Waals surface area (Å²) in [6.45, 7) is 4.31. The minimum atomic E-state index is -1.04. The van der Waals surface area contributed by atoms with Gasteiger partial charge in [0.15, 0.2) is 11.5 Å². The largest absolute Gasteiger partial charge is 0.486 e. The molecule has 1 aliphatic rings. The number of amides is 1. The summed E-state index contributed by atoms with van der Waals surface area (Å²) in [5.74, 6) is 0.858. The summed E-state index contributed by atoms with van der Waals surface area (Å²) in [6.07, 6.45) is -1.04. The van der Waals surface area contributed by atoms with Crippen LogP contribution in [0.5, 0.6) is 11.5 Å². The van der Waals surface area contributed by atoms with E-state index in [-0.39, 0.29) is 0 Å². The van der Waals surface area contributed by atoms with Gasteiger partial charge in [0.1, 0.15) is 19.3 Å². The van der Waals surface area contributed by atoms with E-state index in [9.17, 15) is 4.79 Å². The minimum absolute atomic E-state index is 0.440. The normalized spacial score (nSPS) is 15.2. The summed E-state index contributed by atoms with van der Waals surface area (Å²) in [7, 11) is 0. The lowest BCUT2D eigenvalue weighted by Crippen LogP contribution is -2.25. The van der Waals surface area contributed by atoms with Crippen molar-refractivity contribution in [3.05, 3.63) is 17.7 Å². The van der Waals surface area contributed by atoms with Gasteiger partial charge < -0.3 is 19.9 Å². The van der Waals surface area contributed by atoms with Gasteiger partial charge in [0, 0.05) is 11.8 Å². The van der Waals surface area contributed by atoms with Crippen LogP contribution in [-0.4, -0.2) is 30.3 Å². The highest BCUT2D eigenvalue weighted by atomic mass is 16.6. The molecule has 5 heteroatoms. The molecule has 1 atom stereocenters. The Morgan fingerprint density at radius 2 is 1.94 bits per heavy atom. The Kier molecular flexibility index (Phi) is 3.19. The van der Waals surface area contributed by atoms with E-state index in [4.69, 9.17) is 14.6 Å². The number of hydrogen-bond acceptors (Lipinski definition) is 4. The number of hydrogen-bond donors (Lipinski definition) is 2. The van der Waals surface area contributed by atoms with E-state index in [1.807, 2.05) is 13.0 Å². The third-order valence-corrected chi connectivity index (χ3v) is 2.53. The molecule has 0 spiro atoms. The summed E-state index contributed by atoms with van der Waals surface area (Å²) >= 11 is 0. The van der Waals surface area contributed by atoms with Gasteiger partial charge in [-0.3, -0.25) is 4.79 Å². The Morgan fingerprint density at radius 1 is 1.35 bits per heavy atom. The number of nitrogens with one attached hydrogen (secondary N) is 1. The molecule has 1 aliphatic heterocycles. The quantitative estimate of drug-likeness (QED) is 0.807. The van der Waals surface area contributed by atoms with Crippen molar-refractivity contribution in [2.24, 2.45) is 0 Å². The second-order valence-electron chi connectivity index (χ2n) is 3.98. The van der Waals surface area contributed by atoms with Crippen molar-refractivity contribution in [1.29, 1.82) is 0 Å². The van der Waals surface area contributed by atoms with Crippen molar-refractivity contribution in [1.82, 2.24) is 0 Å². The molecule has 0 radical (unpaired) electrons. The van der Waals surface area contributed by atoms with Crippen molar-refractivity contribution >= 4 is 11.6 Å². The number of ether oxygens (including phenoxy) is 2. The van der Waals surface area contributed by atoms with Gasteiger partial charge in [0.2, 0.25) is 0 Å². The van der Waals surface area contributed by atoms with Crippen LogP contribution in [0.3, 0.4) is 0 Å². The Bertz CT molecular complexity index is 442. The van der Waals surface area contributed by atoms with Gasteiger partial charge in [-0.2, -0.15) is 0 Å². The SMILES string of the molecule is Cc1cc2c(cc1NC(=O)C(C)O)OCCO2. The lowest BCUT2D eigenvalue weighted by atomic mass is 10.1. The van der Waals surface area contributed by atoms with Crippen LogP contribution in [0.2, 0.25) is 0 Å². The van der Waals surface area contributed by atoms with Gasteiger partial charge in [-0.05, 0) is 25.5 Å². The van der Waals surface area contributed by atoms with Crippen LogP contribution >= 0.6 is 0 Å². The minimum Gasteiger partial charge on any atom is -0.486 e. The predicted octanol–water partition coefficient (Wildman–Crippen LogP) is 1.09. The second-order valence-corrected chi connectivity index (χ2v) is 3.98. The predicted molar refractivity (Wildman–Crippen MR) is 62.5 cm³/mol. The molecule has 0 fully saturated rings. The molecule has 92 valence electrons. The molecule has 1 amide bonds. The highest BCUT2D eigenvalue weighted by Gasteiger charge is 2.16. The lowest BCUT2D eigenvalue weighted by Gasteiger charge is -2.20. The number of benzene rings is 1. The van der Waals surface area contributed by atoms with E-state index >= 15 is 0 Å². The third kappa shape index (κ3) is 2.50. The molecular weight excluding hydrogens is 222 g/mol. The van der Waals surface area contributed by atoms with Crippen molar-refractivity contribution in [3.63, 3.8) is 0 Å². The van der Waals surface area contributed by atoms with E-state index in [0.717, 1.165) is 5.56 Å². The number of carbonyl (C=O) groups is 1. The number of anilines is 1. The molecule has 2 rings (SSSR count). The smallest absolute Gasteiger partial charge is 0.252 e. The molecule has 1 heterocycles. The number of rotatable bonds is 2. The number of aryl methyl sites for hydroxylation is 1. The zero-order valence-corrected chi connectivity index (χ0v) is 9.82. The molecule has 2 N–H and O–H groups in total. The molecule has 5 nitrogen and oxygen atoms in total. The van der Waals surface area contributed by atoms with E-state index in [1.165, 1.54) is 6.92 Å². The van der Waals surface area contributed by atoms with Crippen LogP contribution in [-0.2, 0) is 4.79 Å². The monoisotopic (exact) mass is 237 g/mol. The molecule has 0 aliphatic carbocycles. The van der Waals surface area contributed by atoms with Gasteiger partial charge in [-0.15, -0.1) is 0 Å². The fourth-order valence-electron chi connectivity index (χ4n) is 1.56. The summed E-state index contributed by atoms with van der Waals surface area (Å²) in [4.78, 5) is 11.4. The zero-order valence-electron chi connectivity index (χ0n) is 9.82. The first-order valence-corrected chi connectivity index (χ1v) is 5.47. The van der Waals surface area contributed by atoms with Gasteiger partial charge >= 0.3 is 0 Å². The van der Waals surface area contributed by atoms with Crippen LogP contribution in [0, 0.1) is 6.92 Å². The Balaban J connectivity index is 2.26. The molecule has 0 bridgehead atoms. The van der Waals surface area contributed by atoms with Crippen LogP contribution in [0.4, 0.5) is 5.69 Å². The van der Waals surface area contributed by atoms with Gasteiger partial charge in [0.05, 0.1) is 0 Å². The molecule has 17 heavy (non-hydrogen) atoms. The molecule has 1 unspecified atom stereocenters. The highest BCUT2D eigenvalue weighted by molar-refractivity contribution is 5.94. The fraction of sp³-hybridized carbons (Fsp3) is 0.417. The highest BCUT2D eigenvalue weighted by Crippen LogP contribution is 2.35. The van der Waals surface area contributed by atoms with Crippen molar-refractivity contribution in [2.75, 3.05) is 18.5 Å². The summed E-state index contributed by atoms with van der Waals surface area (Å²) in [5.41, 5.74) is 1.49. The van der Waals surface area contributed by atoms with Crippen LogP contribution in [0.1, 0.15) is 12.5 Å². The molecule has 0 saturated carbocycles. The van der Waals surface area contributed by atoms with E-state index < -0.39 is 12.0 Å². The topological polar surface area (TPSA) is 67.8 Å². The van der Waals surface area contributed by atoms with Crippen LogP contribution in [0.15, 0.2) is 12.1 Å². The number of carbonyl (C=O) groups excluding carboxylic acids is 1. The maximum atomic E-state index is 11.4. The standard InChI is InChI=1S/C12H15NO4/c1-7-5-10-11(17-4-3-16-10)6-9(7)13-12(15)8(2)14/h5-6,8,14H,3-4H2,1-2H3,(H,13,15). The molecule has 1 aromatic rings. The Labute approximate surface area is 99.3 Å². The van der Waals surface area contributed by atoms with Crippen LogP contribution in [0.25, 0.3) is 0 Å². The van der Waals surface area contributed by atoms with Crippen molar-refractivity contribution in [3.8, 4) is 11.5 Å². The molecule has 0 saturated heterocycles. The van der Waals surface area contributed by atoms with E-state index in [0.29, 0.717) is 30.4 Å². The third-order valence-electron chi connectivity index (χ3n) is 2.53. The summed E-state index contributed by atoms with van der Waals surface area (Å²) < 4.78 is 10.8. The molecule has 1 aromatic carbocycles. The van der Waals surface area contributed by atoms with E-state index in [2.05, 4.69) is 5.32 Å². The number of fused-ring (bicyclic) bond motifs is 1. The first kappa shape index (κ1) is 11.7. The maximum Gasteiger partial charge on any atom is 0.252 e. The van der Waals surface area contributed by atoms with E-state index in [1.54, 1.807) is 6.07 Å². The van der Waals surface area contributed by atoms with Crippen molar-refractivity contribution < 1.29 is 19.4 Å². The zero-order chi connectivity index (χ0) is 12.4. The number of aliphatic hydroxyl groups is 1. The first-order valence-electron chi connectivity index (χ1n) is 5.47. The average molecular weight is 237 g/mol. The Hall–Kier alpha value is -1.75. The average Bonchev–Trinajstić information content (AvgIpc) is 2.29. The fourth-order valence-corrected chi connectivity index (χ4v) is 1.56. The molecule has 0 aromatic heterocycles. The second kappa shape index (κ2) is 4.63. The van der Waals surface area contributed by atoms with Crippen molar-refractivity contribution in [2.45, 2.75) is 20.0 Å². The summed E-state index contributed by atoms with van der Waals surface area (Å²) in [5, 5.41) is 11.8. The Morgan fingerprint density at radius 3 is 2.53 bits per heavy atom. The van der Waals surface area contributed by atoms with Gasteiger partial charge in [-0.25, -0.2) is 0 Å². The maximum absolute atomic E-state index is 11.4. The summed E-state index contributed by atoms with van der Waals surface area (Å²) in [6, 6.07) is 3.52. The van der Waals surface area contributed by atoms with Crippen LogP contribution < -0.4 is 14.8 Å². The number of aliphatic hydroxyl groups excluding tert-OH is 1. The first-order chi connectivity index (χ1) is 8.08. The lowest BCUT2D eigenvalue weighted by molar-refractivity contribution is -0.123. The molecular formula is C12H15NO4.